The van der Waals surface area contributed by atoms with Gasteiger partial charge in [0, 0.05) is 18.6 Å². The van der Waals surface area contributed by atoms with E-state index in [1.165, 1.54) is 19.3 Å². The lowest BCUT2D eigenvalue weighted by Crippen LogP contribution is -2.35. The molecule has 1 atom stereocenters. The van der Waals surface area contributed by atoms with Crippen molar-refractivity contribution in [3.05, 3.63) is 0 Å². The monoisotopic (exact) mass is 201 g/mol. The summed E-state index contributed by atoms with van der Waals surface area (Å²) in [5.74, 6) is 0.618. The second-order valence-corrected chi connectivity index (χ2v) is 4.92. The summed E-state index contributed by atoms with van der Waals surface area (Å²) in [4.78, 5) is 0. The summed E-state index contributed by atoms with van der Waals surface area (Å²) in [6, 6.07) is 0. The summed E-state index contributed by atoms with van der Waals surface area (Å²) in [5, 5.41) is 9.44. The Morgan fingerprint density at radius 1 is 1.29 bits per heavy atom. The maximum atomic E-state index is 9.44. The Balaban J connectivity index is 4.07. The van der Waals surface area contributed by atoms with E-state index in [1.54, 1.807) is 0 Å². The van der Waals surface area contributed by atoms with Gasteiger partial charge in [0.05, 0.1) is 0 Å². The molecule has 0 heterocycles. The molecular weight excluding hydrogens is 174 g/mol. The van der Waals surface area contributed by atoms with Crippen molar-refractivity contribution >= 4 is 0 Å². The molecule has 0 radical (unpaired) electrons. The Hall–Kier alpha value is -0.0800. The van der Waals surface area contributed by atoms with Crippen LogP contribution in [0, 0.1) is 11.3 Å². The Kier molecular flexibility index (Phi) is 7.20. The van der Waals surface area contributed by atoms with Crippen molar-refractivity contribution in [3.63, 3.8) is 0 Å². The van der Waals surface area contributed by atoms with Gasteiger partial charge in [-0.2, -0.15) is 0 Å². The Labute approximate surface area is 88.9 Å². The molecule has 0 bridgehead atoms. The first kappa shape index (κ1) is 13.9. The molecule has 0 aliphatic rings. The molecule has 0 aliphatic heterocycles. The van der Waals surface area contributed by atoms with Gasteiger partial charge in [0.1, 0.15) is 0 Å². The normalized spacial score (nSPS) is 15.9. The zero-order valence-electron chi connectivity index (χ0n) is 10.1. The lowest BCUT2D eigenvalue weighted by molar-refractivity contribution is 0.0957. The maximum absolute atomic E-state index is 9.44. The summed E-state index contributed by atoms with van der Waals surface area (Å²) in [6.45, 7) is 7.45. The molecule has 86 valence electrons. The van der Waals surface area contributed by atoms with Crippen LogP contribution >= 0.6 is 0 Å². The van der Waals surface area contributed by atoms with E-state index in [9.17, 15) is 5.11 Å². The van der Waals surface area contributed by atoms with Gasteiger partial charge in [-0.1, -0.05) is 40.0 Å². The maximum Gasteiger partial charge on any atom is 0.0499 e. The molecule has 14 heavy (non-hydrogen) atoms. The first-order chi connectivity index (χ1) is 6.60. The highest BCUT2D eigenvalue weighted by atomic mass is 16.3. The molecule has 0 fully saturated rings. The third kappa shape index (κ3) is 4.97. The summed E-state index contributed by atoms with van der Waals surface area (Å²) in [7, 11) is 0. The molecule has 0 rings (SSSR count). The van der Waals surface area contributed by atoms with E-state index >= 15 is 0 Å². The van der Waals surface area contributed by atoms with E-state index in [4.69, 9.17) is 5.73 Å². The van der Waals surface area contributed by atoms with E-state index in [-0.39, 0.29) is 12.0 Å². The third-order valence-electron chi connectivity index (χ3n) is 2.92. The predicted molar refractivity (Wildman–Crippen MR) is 62.2 cm³/mol. The summed E-state index contributed by atoms with van der Waals surface area (Å²) in [5.41, 5.74) is 5.78. The highest BCUT2D eigenvalue weighted by Crippen LogP contribution is 2.31. The molecule has 3 N–H and O–H groups in total. The van der Waals surface area contributed by atoms with E-state index in [0.717, 1.165) is 12.8 Å². The van der Waals surface area contributed by atoms with Crippen LogP contribution in [0.5, 0.6) is 0 Å². The minimum absolute atomic E-state index is 0.0106. The second kappa shape index (κ2) is 7.24. The van der Waals surface area contributed by atoms with Gasteiger partial charge in [-0.25, -0.2) is 0 Å². The van der Waals surface area contributed by atoms with Gasteiger partial charge in [0.2, 0.25) is 0 Å². The van der Waals surface area contributed by atoms with E-state index in [0.29, 0.717) is 12.5 Å². The lowest BCUT2D eigenvalue weighted by Gasteiger charge is -2.32. The summed E-state index contributed by atoms with van der Waals surface area (Å²) < 4.78 is 0. The van der Waals surface area contributed by atoms with Crippen LogP contribution in [0.1, 0.15) is 52.9 Å². The molecule has 1 unspecified atom stereocenters. The highest BCUT2D eigenvalue weighted by Gasteiger charge is 2.27. The fraction of sp³-hybridized carbons (Fsp3) is 1.00. The first-order valence-corrected chi connectivity index (χ1v) is 5.91. The van der Waals surface area contributed by atoms with Crippen molar-refractivity contribution in [1.82, 2.24) is 0 Å². The third-order valence-corrected chi connectivity index (χ3v) is 2.92. The van der Waals surface area contributed by atoms with Crippen molar-refractivity contribution in [2.24, 2.45) is 17.1 Å². The van der Waals surface area contributed by atoms with Crippen LogP contribution in [-0.2, 0) is 0 Å². The SMILES string of the molecule is CCCCCC(CN)(CO)CC(C)C. The second-order valence-electron chi connectivity index (χ2n) is 4.92. The van der Waals surface area contributed by atoms with E-state index in [2.05, 4.69) is 20.8 Å². The predicted octanol–water partition coefficient (Wildman–Crippen LogP) is 2.55. The van der Waals surface area contributed by atoms with E-state index < -0.39 is 0 Å². The molecule has 0 spiro atoms. The van der Waals surface area contributed by atoms with Crippen LogP contribution in [-0.4, -0.2) is 18.3 Å². The van der Waals surface area contributed by atoms with Gasteiger partial charge < -0.3 is 10.8 Å². The highest BCUT2D eigenvalue weighted by molar-refractivity contribution is 4.80. The van der Waals surface area contributed by atoms with Crippen molar-refractivity contribution in [1.29, 1.82) is 0 Å². The summed E-state index contributed by atoms with van der Waals surface area (Å²) in [6.07, 6.45) is 5.80. The fourth-order valence-electron chi connectivity index (χ4n) is 2.11. The summed E-state index contributed by atoms with van der Waals surface area (Å²) >= 11 is 0. The van der Waals surface area contributed by atoms with Crippen molar-refractivity contribution in [2.45, 2.75) is 52.9 Å². The molecule has 0 saturated heterocycles. The largest absolute Gasteiger partial charge is 0.396 e. The number of aliphatic hydroxyl groups is 1. The van der Waals surface area contributed by atoms with Crippen LogP contribution < -0.4 is 5.73 Å². The van der Waals surface area contributed by atoms with Gasteiger partial charge >= 0.3 is 0 Å². The Morgan fingerprint density at radius 3 is 2.29 bits per heavy atom. The molecule has 0 aromatic heterocycles. The van der Waals surface area contributed by atoms with Crippen molar-refractivity contribution in [2.75, 3.05) is 13.2 Å². The van der Waals surface area contributed by atoms with Crippen LogP contribution in [0.4, 0.5) is 0 Å². The lowest BCUT2D eigenvalue weighted by atomic mass is 9.77. The first-order valence-electron chi connectivity index (χ1n) is 5.91. The van der Waals surface area contributed by atoms with E-state index in [1.807, 2.05) is 0 Å². The van der Waals surface area contributed by atoms with Crippen LogP contribution in [0.25, 0.3) is 0 Å². The Bertz CT molecular complexity index is 130. The minimum atomic E-state index is -0.0106. The van der Waals surface area contributed by atoms with Crippen molar-refractivity contribution in [3.8, 4) is 0 Å². The molecule has 0 aliphatic carbocycles. The molecule has 0 amide bonds. The van der Waals surface area contributed by atoms with Crippen LogP contribution in [0.3, 0.4) is 0 Å². The van der Waals surface area contributed by atoms with Crippen LogP contribution in [0.2, 0.25) is 0 Å². The number of hydrogen-bond donors (Lipinski definition) is 2. The van der Waals surface area contributed by atoms with Gasteiger partial charge in [-0.15, -0.1) is 0 Å². The molecule has 2 heteroatoms. The quantitative estimate of drug-likeness (QED) is 0.593. The molecule has 0 saturated carbocycles. The number of unbranched alkanes of at least 4 members (excludes halogenated alkanes) is 2. The van der Waals surface area contributed by atoms with Crippen LogP contribution in [0.15, 0.2) is 0 Å². The van der Waals surface area contributed by atoms with Gasteiger partial charge in [0.25, 0.3) is 0 Å². The average Bonchev–Trinajstić information content (AvgIpc) is 2.16. The number of hydrogen-bond acceptors (Lipinski definition) is 2. The zero-order chi connectivity index (χ0) is 11.0. The smallest absolute Gasteiger partial charge is 0.0499 e. The number of nitrogens with two attached hydrogens (primary N) is 1. The number of rotatable bonds is 8. The minimum Gasteiger partial charge on any atom is -0.396 e. The molecular formula is C12H27NO. The molecule has 2 nitrogen and oxygen atoms in total. The van der Waals surface area contributed by atoms with Crippen molar-refractivity contribution < 1.29 is 5.11 Å². The topological polar surface area (TPSA) is 46.2 Å². The standard InChI is InChI=1S/C12H27NO/c1-4-5-6-7-12(9-13,10-14)8-11(2)3/h11,14H,4-10,13H2,1-3H3. The average molecular weight is 201 g/mol. The number of aliphatic hydroxyl groups excluding tert-OH is 1. The van der Waals surface area contributed by atoms with Gasteiger partial charge in [-0.3, -0.25) is 0 Å². The molecule has 0 aromatic carbocycles. The van der Waals surface area contributed by atoms with Gasteiger partial charge in [0.15, 0.2) is 0 Å². The fourth-order valence-corrected chi connectivity index (χ4v) is 2.11. The molecule has 0 aromatic rings. The Morgan fingerprint density at radius 2 is 1.93 bits per heavy atom. The van der Waals surface area contributed by atoms with Gasteiger partial charge in [-0.05, 0) is 18.8 Å². The zero-order valence-corrected chi connectivity index (χ0v) is 10.1.